The maximum absolute atomic E-state index is 4.95. The minimum absolute atomic E-state index is 0.997. The molecule has 3 nitrogen and oxygen atoms in total. The molecule has 1 aromatic heterocycles. The number of hydrogen-bond acceptors (Lipinski definition) is 2. The molecule has 0 amide bonds. The predicted molar refractivity (Wildman–Crippen MR) is 83.0 cm³/mol. The largest absolute Gasteiger partial charge is 0.328 e. The molecule has 3 heteroatoms. The van der Waals surface area contributed by atoms with Gasteiger partial charge >= 0.3 is 0 Å². The van der Waals surface area contributed by atoms with E-state index in [0.29, 0.717) is 0 Å². The number of rotatable bonds is 4. The van der Waals surface area contributed by atoms with Crippen molar-refractivity contribution in [3.05, 3.63) is 41.2 Å². The Morgan fingerprint density at radius 3 is 2.75 bits per heavy atom. The second kappa shape index (κ2) is 5.80. The fourth-order valence-electron chi connectivity index (χ4n) is 2.99. The van der Waals surface area contributed by atoms with E-state index in [9.17, 15) is 0 Å². The highest BCUT2D eigenvalue weighted by atomic mass is 15.1. The molecule has 2 aromatic rings. The predicted octanol–water partition coefficient (Wildman–Crippen LogP) is 2.96. The molecule has 1 aliphatic heterocycles. The van der Waals surface area contributed by atoms with Crippen LogP contribution in [0.15, 0.2) is 24.3 Å². The Balaban J connectivity index is 2.01. The molecule has 1 aliphatic rings. The number of benzene rings is 1. The van der Waals surface area contributed by atoms with E-state index in [1.165, 1.54) is 41.8 Å². The van der Waals surface area contributed by atoms with Gasteiger partial charge in [0.2, 0.25) is 0 Å². The highest BCUT2D eigenvalue weighted by Gasteiger charge is 2.20. The molecule has 0 bridgehead atoms. The van der Waals surface area contributed by atoms with Crippen LogP contribution >= 0.6 is 0 Å². The van der Waals surface area contributed by atoms with Crippen molar-refractivity contribution in [3.63, 3.8) is 0 Å². The zero-order valence-electron chi connectivity index (χ0n) is 12.4. The summed E-state index contributed by atoms with van der Waals surface area (Å²) in [6, 6.07) is 8.74. The van der Waals surface area contributed by atoms with Crippen molar-refractivity contribution in [3.8, 4) is 11.4 Å². The molecule has 3 rings (SSSR count). The zero-order valence-corrected chi connectivity index (χ0v) is 12.4. The summed E-state index contributed by atoms with van der Waals surface area (Å²) in [6.45, 7) is 4.24. The van der Waals surface area contributed by atoms with Crippen molar-refractivity contribution >= 4 is 0 Å². The van der Waals surface area contributed by atoms with Gasteiger partial charge in [-0.1, -0.05) is 29.8 Å². The van der Waals surface area contributed by atoms with Crippen LogP contribution in [-0.2, 0) is 19.4 Å². The van der Waals surface area contributed by atoms with Gasteiger partial charge in [-0.2, -0.15) is 0 Å². The Hall–Kier alpha value is -1.61. The summed E-state index contributed by atoms with van der Waals surface area (Å²) in [5, 5.41) is 3.23. The van der Waals surface area contributed by atoms with Crippen LogP contribution < -0.4 is 5.32 Å². The molecular weight excluding hydrogens is 246 g/mol. The lowest BCUT2D eigenvalue weighted by molar-refractivity contribution is 0.532. The van der Waals surface area contributed by atoms with Crippen molar-refractivity contribution in [1.82, 2.24) is 14.9 Å². The lowest BCUT2D eigenvalue weighted by Gasteiger charge is -2.17. The Morgan fingerprint density at radius 2 is 2.00 bits per heavy atom. The molecule has 1 N–H and O–H groups in total. The third-order valence-electron chi connectivity index (χ3n) is 4.12. The van der Waals surface area contributed by atoms with E-state index < -0.39 is 0 Å². The van der Waals surface area contributed by atoms with E-state index in [4.69, 9.17) is 4.98 Å². The van der Waals surface area contributed by atoms with Crippen LogP contribution in [0.2, 0.25) is 0 Å². The summed E-state index contributed by atoms with van der Waals surface area (Å²) in [5.41, 5.74) is 5.29. The summed E-state index contributed by atoms with van der Waals surface area (Å²) in [7, 11) is 2.00. The summed E-state index contributed by atoms with van der Waals surface area (Å²) in [4.78, 5) is 4.95. The standard InChI is InChI=1S/C17H23N3/c1-13-6-8-14(9-7-13)17-19-15(10-11-18-2)16-5-3-4-12-20(16)17/h6-9,18H,3-5,10-12H2,1-2H3. The second-order valence-electron chi connectivity index (χ2n) is 5.66. The van der Waals surface area contributed by atoms with Crippen molar-refractivity contribution in [2.24, 2.45) is 0 Å². The first kappa shape index (κ1) is 13.4. The summed E-state index contributed by atoms with van der Waals surface area (Å²) >= 11 is 0. The Morgan fingerprint density at radius 1 is 1.20 bits per heavy atom. The number of nitrogens with one attached hydrogen (secondary N) is 1. The fourth-order valence-corrected chi connectivity index (χ4v) is 2.99. The fraction of sp³-hybridized carbons (Fsp3) is 0.471. The normalized spacial score (nSPS) is 14.3. The topological polar surface area (TPSA) is 29.9 Å². The van der Waals surface area contributed by atoms with Crippen LogP contribution in [0.25, 0.3) is 11.4 Å². The molecule has 0 aliphatic carbocycles. The number of imidazole rings is 1. The molecule has 2 heterocycles. The van der Waals surface area contributed by atoms with Gasteiger partial charge in [0.1, 0.15) is 5.82 Å². The number of nitrogens with zero attached hydrogens (tertiary/aromatic N) is 2. The van der Waals surface area contributed by atoms with Crippen LogP contribution in [0.3, 0.4) is 0 Å². The van der Waals surface area contributed by atoms with Crippen LogP contribution in [0.4, 0.5) is 0 Å². The Bertz CT molecular complexity index is 581. The smallest absolute Gasteiger partial charge is 0.140 e. The summed E-state index contributed by atoms with van der Waals surface area (Å²) in [5.74, 6) is 1.16. The van der Waals surface area contributed by atoms with Crippen molar-refractivity contribution in [1.29, 1.82) is 0 Å². The molecule has 0 atom stereocenters. The molecule has 0 spiro atoms. The number of aryl methyl sites for hydroxylation is 1. The molecule has 20 heavy (non-hydrogen) atoms. The van der Waals surface area contributed by atoms with Crippen LogP contribution in [0.1, 0.15) is 29.8 Å². The number of likely N-dealkylation sites (N-methyl/N-ethyl adjacent to an activating group) is 1. The van der Waals surface area contributed by atoms with Crippen LogP contribution in [0.5, 0.6) is 0 Å². The summed E-state index contributed by atoms with van der Waals surface area (Å²) < 4.78 is 2.44. The lowest BCUT2D eigenvalue weighted by Crippen LogP contribution is -2.15. The molecule has 0 saturated carbocycles. The molecule has 0 saturated heterocycles. The lowest BCUT2D eigenvalue weighted by atomic mass is 10.1. The second-order valence-corrected chi connectivity index (χ2v) is 5.66. The monoisotopic (exact) mass is 269 g/mol. The van der Waals surface area contributed by atoms with E-state index in [1.54, 1.807) is 0 Å². The van der Waals surface area contributed by atoms with Gasteiger partial charge in [0.05, 0.1) is 5.69 Å². The molecule has 106 valence electrons. The van der Waals surface area contributed by atoms with Gasteiger partial charge in [-0.15, -0.1) is 0 Å². The molecular formula is C17H23N3. The number of hydrogen-bond donors (Lipinski definition) is 1. The van der Waals surface area contributed by atoms with Crippen LogP contribution in [-0.4, -0.2) is 23.1 Å². The molecule has 0 unspecified atom stereocenters. The maximum Gasteiger partial charge on any atom is 0.140 e. The van der Waals surface area contributed by atoms with Crippen molar-refractivity contribution < 1.29 is 0 Å². The Kier molecular flexibility index (Phi) is 3.88. The van der Waals surface area contributed by atoms with E-state index in [0.717, 1.165) is 25.3 Å². The van der Waals surface area contributed by atoms with Gasteiger partial charge in [0, 0.05) is 30.8 Å². The van der Waals surface area contributed by atoms with Gasteiger partial charge in [-0.05, 0) is 33.2 Å². The van der Waals surface area contributed by atoms with Gasteiger partial charge in [-0.3, -0.25) is 0 Å². The molecule has 0 radical (unpaired) electrons. The van der Waals surface area contributed by atoms with Crippen molar-refractivity contribution in [2.75, 3.05) is 13.6 Å². The average molecular weight is 269 g/mol. The van der Waals surface area contributed by atoms with Crippen LogP contribution in [0, 0.1) is 6.92 Å². The Labute approximate surface area is 121 Å². The quantitative estimate of drug-likeness (QED) is 0.925. The number of fused-ring (bicyclic) bond motifs is 1. The first-order valence-corrected chi connectivity index (χ1v) is 7.59. The van der Waals surface area contributed by atoms with E-state index in [1.807, 2.05) is 7.05 Å². The number of aromatic nitrogens is 2. The minimum Gasteiger partial charge on any atom is -0.328 e. The average Bonchev–Trinajstić information content (AvgIpc) is 2.85. The zero-order chi connectivity index (χ0) is 13.9. The first-order valence-electron chi connectivity index (χ1n) is 7.59. The van der Waals surface area contributed by atoms with E-state index in [2.05, 4.69) is 41.1 Å². The minimum atomic E-state index is 0.997. The summed E-state index contributed by atoms with van der Waals surface area (Å²) in [6.07, 6.45) is 4.77. The molecule has 0 fully saturated rings. The highest BCUT2D eigenvalue weighted by molar-refractivity contribution is 5.57. The van der Waals surface area contributed by atoms with Gasteiger partial charge in [0.25, 0.3) is 0 Å². The third-order valence-corrected chi connectivity index (χ3v) is 4.12. The SMILES string of the molecule is CNCCc1nc(-c2ccc(C)cc2)n2c1CCCC2. The van der Waals surface area contributed by atoms with Gasteiger partial charge < -0.3 is 9.88 Å². The van der Waals surface area contributed by atoms with Gasteiger partial charge in [0.15, 0.2) is 0 Å². The van der Waals surface area contributed by atoms with E-state index >= 15 is 0 Å². The third kappa shape index (κ3) is 2.50. The highest BCUT2D eigenvalue weighted by Crippen LogP contribution is 2.27. The first-order chi connectivity index (χ1) is 9.79. The molecule has 1 aromatic carbocycles. The maximum atomic E-state index is 4.95. The van der Waals surface area contributed by atoms with Gasteiger partial charge in [-0.25, -0.2) is 4.98 Å². The van der Waals surface area contributed by atoms with Crippen molar-refractivity contribution in [2.45, 2.75) is 39.2 Å². The van der Waals surface area contributed by atoms with E-state index in [-0.39, 0.29) is 0 Å².